The zero-order valence-corrected chi connectivity index (χ0v) is 15.1. The number of anilines is 2. The van der Waals surface area contributed by atoms with Gasteiger partial charge in [0.15, 0.2) is 0 Å². The van der Waals surface area contributed by atoms with E-state index >= 15 is 0 Å². The Labute approximate surface area is 158 Å². The van der Waals surface area contributed by atoms with Gasteiger partial charge in [-0.1, -0.05) is 5.16 Å². The molecule has 0 aliphatic heterocycles. The molecular weight excluding hydrogens is 388 g/mol. The molecule has 3 rings (SSSR count). The zero-order chi connectivity index (χ0) is 20.5. The Balaban J connectivity index is 1.93. The molecular formula is C17H12N4O6S. The van der Waals surface area contributed by atoms with Gasteiger partial charge in [-0.05, 0) is 36.4 Å². The Bertz CT molecular complexity index is 1260. The third-order valence-corrected chi connectivity index (χ3v) is 4.22. The van der Waals surface area contributed by atoms with E-state index in [1.165, 1.54) is 30.3 Å². The number of aromatic carboxylic acids is 1. The number of carboxylic acid groups (broad SMARTS) is 1. The van der Waals surface area contributed by atoms with Crippen LogP contribution in [0.2, 0.25) is 0 Å². The fourth-order valence-electron chi connectivity index (χ4n) is 2.46. The summed E-state index contributed by atoms with van der Waals surface area (Å²) < 4.78 is 29.9. The van der Waals surface area contributed by atoms with Crippen molar-refractivity contribution >= 4 is 44.2 Å². The van der Waals surface area contributed by atoms with Crippen molar-refractivity contribution in [2.75, 3.05) is 16.3 Å². The van der Waals surface area contributed by atoms with E-state index in [0.29, 0.717) is 5.39 Å². The van der Waals surface area contributed by atoms with Crippen LogP contribution in [0.15, 0.2) is 40.9 Å². The van der Waals surface area contributed by atoms with Crippen LogP contribution in [0.3, 0.4) is 0 Å². The third kappa shape index (κ3) is 3.92. The van der Waals surface area contributed by atoms with Crippen LogP contribution in [-0.4, -0.2) is 36.8 Å². The number of nitrogens with zero attached hydrogens (tertiary/aromatic N) is 2. The van der Waals surface area contributed by atoms with E-state index in [4.69, 9.17) is 9.78 Å². The van der Waals surface area contributed by atoms with Gasteiger partial charge in [-0.25, -0.2) is 13.2 Å². The molecule has 1 heterocycles. The lowest BCUT2D eigenvalue weighted by molar-refractivity contribution is 0.0698. The molecule has 3 aromatic rings. The molecule has 11 heteroatoms. The molecule has 0 bridgehead atoms. The molecule has 0 aliphatic carbocycles. The van der Waals surface area contributed by atoms with Crippen molar-refractivity contribution in [2.45, 2.75) is 0 Å². The van der Waals surface area contributed by atoms with Gasteiger partial charge >= 0.3 is 5.97 Å². The summed E-state index contributed by atoms with van der Waals surface area (Å²) in [6.07, 6.45) is 0.997. The number of nitrogens with one attached hydrogen (secondary N) is 2. The van der Waals surface area contributed by atoms with Crippen molar-refractivity contribution in [1.29, 1.82) is 5.26 Å². The largest absolute Gasteiger partial charge is 0.478 e. The van der Waals surface area contributed by atoms with E-state index in [-0.39, 0.29) is 33.8 Å². The van der Waals surface area contributed by atoms with Gasteiger partial charge in [0.25, 0.3) is 5.91 Å². The average Bonchev–Trinajstić information content (AvgIpc) is 3.03. The van der Waals surface area contributed by atoms with Crippen LogP contribution in [0.5, 0.6) is 0 Å². The summed E-state index contributed by atoms with van der Waals surface area (Å²) in [5.74, 6) is -2.24. The van der Waals surface area contributed by atoms with E-state index in [1.807, 2.05) is 6.07 Å². The number of carbonyl (C=O) groups is 2. The van der Waals surface area contributed by atoms with Crippen LogP contribution < -0.4 is 10.0 Å². The van der Waals surface area contributed by atoms with E-state index in [1.54, 1.807) is 0 Å². The number of rotatable bonds is 5. The number of nitriles is 1. The van der Waals surface area contributed by atoms with Gasteiger partial charge in [-0.2, -0.15) is 5.26 Å². The minimum absolute atomic E-state index is 0.0172. The van der Waals surface area contributed by atoms with Crippen molar-refractivity contribution in [1.82, 2.24) is 5.16 Å². The quantitative estimate of drug-likeness (QED) is 0.586. The second-order valence-corrected chi connectivity index (χ2v) is 7.50. The molecule has 0 radical (unpaired) electrons. The highest BCUT2D eigenvalue weighted by atomic mass is 32.2. The number of sulfonamides is 1. The van der Waals surface area contributed by atoms with Crippen LogP contribution in [0.25, 0.3) is 10.9 Å². The number of amides is 1. The highest BCUT2D eigenvalue weighted by Crippen LogP contribution is 2.24. The Morgan fingerprint density at radius 3 is 2.61 bits per heavy atom. The van der Waals surface area contributed by atoms with Crippen molar-refractivity contribution in [3.8, 4) is 6.07 Å². The minimum atomic E-state index is -3.48. The number of carboxylic acids is 1. The standard InChI is InChI=1S/C17H12N4O6S/c1-28(25,26)21-10-3-4-11-14(7-10)20-27-15(11)16(22)19-13-5-2-9(8-18)6-12(13)17(23)24/h2-7,21H,1H3,(H,19,22)(H,23,24). The first-order chi connectivity index (χ1) is 13.2. The number of fused-ring (bicyclic) bond motifs is 1. The second-order valence-electron chi connectivity index (χ2n) is 5.75. The monoisotopic (exact) mass is 400 g/mol. The van der Waals surface area contributed by atoms with E-state index < -0.39 is 21.9 Å². The SMILES string of the molecule is CS(=O)(=O)Nc1ccc2c(C(=O)Nc3ccc(C#N)cc3C(=O)O)onc2c1. The number of carbonyl (C=O) groups excluding carboxylic acids is 1. The van der Waals surface area contributed by atoms with Gasteiger partial charge in [0, 0.05) is 0 Å². The van der Waals surface area contributed by atoms with Crippen molar-refractivity contribution in [3.63, 3.8) is 0 Å². The molecule has 0 spiro atoms. The summed E-state index contributed by atoms with van der Waals surface area (Å²) in [6, 6.07) is 9.90. The summed E-state index contributed by atoms with van der Waals surface area (Å²) in [5, 5.41) is 24.6. The molecule has 10 nitrogen and oxygen atoms in total. The van der Waals surface area contributed by atoms with Gasteiger partial charge in [0.2, 0.25) is 15.8 Å². The molecule has 0 unspecified atom stereocenters. The lowest BCUT2D eigenvalue weighted by atomic mass is 10.1. The maximum atomic E-state index is 12.5. The molecule has 0 saturated heterocycles. The van der Waals surface area contributed by atoms with Crippen LogP contribution in [0, 0.1) is 11.3 Å². The number of hydrogen-bond donors (Lipinski definition) is 3. The fraction of sp³-hybridized carbons (Fsp3) is 0.0588. The van der Waals surface area contributed by atoms with E-state index in [9.17, 15) is 23.1 Å². The summed E-state index contributed by atoms with van der Waals surface area (Å²) in [7, 11) is -3.48. The second kappa shape index (κ2) is 7.01. The topological polar surface area (TPSA) is 162 Å². The molecule has 2 aromatic carbocycles. The predicted molar refractivity (Wildman–Crippen MR) is 98.5 cm³/mol. The highest BCUT2D eigenvalue weighted by molar-refractivity contribution is 7.92. The Kier molecular flexibility index (Phi) is 4.72. The lowest BCUT2D eigenvalue weighted by Crippen LogP contribution is -2.14. The van der Waals surface area contributed by atoms with Crippen LogP contribution in [0.4, 0.5) is 11.4 Å². The summed E-state index contributed by atoms with van der Waals surface area (Å²) in [4.78, 5) is 23.9. The summed E-state index contributed by atoms with van der Waals surface area (Å²) in [6.45, 7) is 0. The Hall–Kier alpha value is -3.91. The zero-order valence-electron chi connectivity index (χ0n) is 14.3. The minimum Gasteiger partial charge on any atom is -0.478 e. The lowest BCUT2D eigenvalue weighted by Gasteiger charge is -2.07. The first kappa shape index (κ1) is 18.9. The van der Waals surface area contributed by atoms with Crippen molar-refractivity contribution in [3.05, 3.63) is 53.3 Å². The fourth-order valence-corrected chi connectivity index (χ4v) is 3.02. The number of aromatic nitrogens is 1. The molecule has 142 valence electrons. The molecule has 28 heavy (non-hydrogen) atoms. The normalized spacial score (nSPS) is 11.0. The molecule has 3 N–H and O–H groups in total. The summed E-state index contributed by atoms with van der Waals surface area (Å²) >= 11 is 0. The maximum Gasteiger partial charge on any atom is 0.337 e. The van der Waals surface area contributed by atoms with Gasteiger partial charge in [0.05, 0.1) is 40.2 Å². The Morgan fingerprint density at radius 2 is 1.96 bits per heavy atom. The van der Waals surface area contributed by atoms with Crippen LogP contribution in [0.1, 0.15) is 26.5 Å². The smallest absolute Gasteiger partial charge is 0.337 e. The third-order valence-electron chi connectivity index (χ3n) is 3.61. The van der Waals surface area contributed by atoms with Gasteiger partial charge < -0.3 is 14.9 Å². The van der Waals surface area contributed by atoms with Gasteiger partial charge in [-0.15, -0.1) is 0 Å². The first-order valence-corrected chi connectivity index (χ1v) is 9.53. The molecule has 1 amide bonds. The Morgan fingerprint density at radius 1 is 1.21 bits per heavy atom. The van der Waals surface area contributed by atoms with Gasteiger partial charge in [0.1, 0.15) is 5.52 Å². The molecule has 0 saturated carbocycles. The molecule has 1 aromatic heterocycles. The summed E-state index contributed by atoms with van der Waals surface area (Å²) in [5.41, 5.74) is 0.339. The predicted octanol–water partition coefficient (Wildman–Crippen LogP) is 2.02. The van der Waals surface area contributed by atoms with Gasteiger partial charge in [-0.3, -0.25) is 9.52 Å². The molecule has 0 aliphatic rings. The number of hydrogen-bond acceptors (Lipinski definition) is 7. The average molecular weight is 400 g/mol. The maximum absolute atomic E-state index is 12.5. The first-order valence-electron chi connectivity index (χ1n) is 7.64. The van der Waals surface area contributed by atoms with Crippen LogP contribution in [-0.2, 0) is 10.0 Å². The van der Waals surface area contributed by atoms with Crippen molar-refractivity contribution in [2.24, 2.45) is 0 Å². The highest BCUT2D eigenvalue weighted by Gasteiger charge is 2.20. The van der Waals surface area contributed by atoms with Crippen LogP contribution >= 0.6 is 0 Å². The number of benzene rings is 2. The molecule has 0 atom stereocenters. The van der Waals surface area contributed by atoms with Crippen molar-refractivity contribution < 1.29 is 27.6 Å². The molecule has 0 fully saturated rings. The van der Waals surface area contributed by atoms with E-state index in [0.717, 1.165) is 12.3 Å². The van der Waals surface area contributed by atoms with E-state index in [2.05, 4.69) is 15.2 Å².